The Balaban J connectivity index is 2.07. The number of hydrogen-bond donors (Lipinski definition) is 1. The molecular formula is C15H28N2O. The van der Waals surface area contributed by atoms with E-state index in [1.807, 2.05) is 0 Å². The van der Waals surface area contributed by atoms with Gasteiger partial charge in [0.05, 0.1) is 12.2 Å². The van der Waals surface area contributed by atoms with Gasteiger partial charge < -0.3 is 4.90 Å². The van der Waals surface area contributed by atoms with Crippen LogP contribution in [0, 0.1) is 11.3 Å². The molecule has 2 atom stereocenters. The second-order valence-electron chi connectivity index (χ2n) is 6.80. The van der Waals surface area contributed by atoms with Crippen LogP contribution in [0.1, 0.15) is 59.8 Å². The zero-order chi connectivity index (χ0) is 13.3. The van der Waals surface area contributed by atoms with Crippen molar-refractivity contribution in [2.75, 3.05) is 6.54 Å². The number of nitrogens with one attached hydrogen (secondary N) is 1. The molecule has 0 aromatic rings. The van der Waals surface area contributed by atoms with E-state index in [9.17, 15) is 4.79 Å². The van der Waals surface area contributed by atoms with Gasteiger partial charge in [-0.1, -0.05) is 40.5 Å². The SMILES string of the molecule is CCC1NC(C(C)C)C(=O)N1CC1(C)CCCC1. The molecule has 18 heavy (non-hydrogen) atoms. The largest absolute Gasteiger partial charge is 0.325 e. The van der Waals surface area contributed by atoms with E-state index in [4.69, 9.17) is 0 Å². The maximum Gasteiger partial charge on any atom is 0.241 e. The van der Waals surface area contributed by atoms with Crippen molar-refractivity contribution in [3.05, 3.63) is 0 Å². The van der Waals surface area contributed by atoms with E-state index >= 15 is 0 Å². The van der Waals surface area contributed by atoms with Crippen molar-refractivity contribution in [2.24, 2.45) is 11.3 Å². The van der Waals surface area contributed by atoms with Gasteiger partial charge in [-0.25, -0.2) is 0 Å². The molecule has 0 aromatic heterocycles. The van der Waals surface area contributed by atoms with Crippen molar-refractivity contribution in [3.8, 4) is 0 Å². The number of rotatable bonds is 4. The predicted molar refractivity (Wildman–Crippen MR) is 74.1 cm³/mol. The summed E-state index contributed by atoms with van der Waals surface area (Å²) in [6.45, 7) is 9.72. The Hall–Kier alpha value is -0.570. The minimum Gasteiger partial charge on any atom is -0.325 e. The molecule has 1 N–H and O–H groups in total. The van der Waals surface area contributed by atoms with Crippen molar-refractivity contribution >= 4 is 5.91 Å². The summed E-state index contributed by atoms with van der Waals surface area (Å²) in [5, 5.41) is 3.51. The van der Waals surface area contributed by atoms with E-state index < -0.39 is 0 Å². The first kappa shape index (κ1) is 13.9. The van der Waals surface area contributed by atoms with Crippen LogP contribution in [0.2, 0.25) is 0 Å². The Morgan fingerprint density at radius 2 is 2.00 bits per heavy atom. The number of nitrogens with zero attached hydrogens (tertiary/aromatic N) is 1. The molecule has 2 rings (SSSR count). The first-order valence-corrected chi connectivity index (χ1v) is 7.53. The highest BCUT2D eigenvalue weighted by Crippen LogP contribution is 2.39. The van der Waals surface area contributed by atoms with Crippen LogP contribution in [0.25, 0.3) is 0 Å². The average molecular weight is 252 g/mol. The smallest absolute Gasteiger partial charge is 0.241 e. The van der Waals surface area contributed by atoms with Crippen molar-refractivity contribution < 1.29 is 4.79 Å². The fourth-order valence-electron chi connectivity index (χ4n) is 3.50. The van der Waals surface area contributed by atoms with Gasteiger partial charge in [0, 0.05) is 6.54 Å². The van der Waals surface area contributed by atoms with E-state index in [0.29, 0.717) is 17.2 Å². The molecular weight excluding hydrogens is 224 g/mol. The molecule has 2 fully saturated rings. The predicted octanol–water partition coefficient (Wildman–Crippen LogP) is 2.76. The summed E-state index contributed by atoms with van der Waals surface area (Å²) in [6, 6.07) is 0.0277. The summed E-state index contributed by atoms with van der Waals surface area (Å²) in [5.74, 6) is 0.706. The highest BCUT2D eigenvalue weighted by atomic mass is 16.2. The van der Waals surface area contributed by atoms with Crippen LogP contribution >= 0.6 is 0 Å². The quantitative estimate of drug-likeness (QED) is 0.834. The zero-order valence-corrected chi connectivity index (χ0v) is 12.3. The van der Waals surface area contributed by atoms with Gasteiger partial charge >= 0.3 is 0 Å². The Kier molecular flexibility index (Phi) is 4.00. The molecule has 1 aliphatic heterocycles. The average Bonchev–Trinajstić information content (AvgIpc) is 2.86. The molecule has 3 heteroatoms. The van der Waals surface area contributed by atoms with Gasteiger partial charge in [0.1, 0.15) is 0 Å². The number of carbonyl (C=O) groups excluding carboxylic acids is 1. The van der Waals surface area contributed by atoms with Crippen LogP contribution in [0.3, 0.4) is 0 Å². The van der Waals surface area contributed by atoms with Gasteiger partial charge in [0.25, 0.3) is 0 Å². The maximum absolute atomic E-state index is 12.5. The third-order valence-electron chi connectivity index (χ3n) is 4.71. The van der Waals surface area contributed by atoms with Gasteiger partial charge in [-0.3, -0.25) is 10.1 Å². The van der Waals surface area contributed by atoms with Crippen LogP contribution in [-0.4, -0.2) is 29.6 Å². The van der Waals surface area contributed by atoms with E-state index in [1.54, 1.807) is 0 Å². The zero-order valence-electron chi connectivity index (χ0n) is 12.3. The standard InChI is InChI=1S/C15H28N2O/c1-5-12-16-13(11(2)3)14(18)17(12)10-15(4)8-6-7-9-15/h11-13,16H,5-10H2,1-4H3. The minimum atomic E-state index is 0.0277. The van der Waals surface area contributed by atoms with Gasteiger partial charge in [-0.05, 0) is 30.6 Å². The van der Waals surface area contributed by atoms with Crippen LogP contribution in [0.15, 0.2) is 0 Å². The molecule has 0 radical (unpaired) electrons. The first-order valence-electron chi connectivity index (χ1n) is 7.53. The summed E-state index contributed by atoms with van der Waals surface area (Å²) in [6.07, 6.45) is 6.47. The van der Waals surface area contributed by atoms with Gasteiger partial charge in [0.2, 0.25) is 5.91 Å². The van der Waals surface area contributed by atoms with Crippen molar-refractivity contribution in [2.45, 2.75) is 72.0 Å². The Morgan fingerprint density at radius 3 is 2.50 bits per heavy atom. The lowest BCUT2D eigenvalue weighted by Gasteiger charge is -2.33. The summed E-state index contributed by atoms with van der Waals surface area (Å²) < 4.78 is 0. The van der Waals surface area contributed by atoms with E-state index in [2.05, 4.69) is 37.9 Å². The summed E-state index contributed by atoms with van der Waals surface area (Å²) >= 11 is 0. The third-order valence-corrected chi connectivity index (χ3v) is 4.71. The molecule has 1 saturated carbocycles. The van der Waals surface area contributed by atoms with Crippen LogP contribution in [0.4, 0.5) is 0 Å². The fraction of sp³-hybridized carbons (Fsp3) is 0.933. The number of amides is 1. The molecule has 104 valence electrons. The highest BCUT2D eigenvalue weighted by molar-refractivity contribution is 5.84. The first-order chi connectivity index (χ1) is 8.47. The summed E-state index contributed by atoms with van der Waals surface area (Å²) in [4.78, 5) is 14.6. The fourth-order valence-corrected chi connectivity index (χ4v) is 3.50. The lowest BCUT2D eigenvalue weighted by atomic mass is 9.88. The Bertz CT molecular complexity index is 308. The third kappa shape index (κ3) is 2.56. The van der Waals surface area contributed by atoms with Crippen LogP contribution in [0.5, 0.6) is 0 Å². The lowest BCUT2D eigenvalue weighted by molar-refractivity contribution is -0.132. The van der Waals surface area contributed by atoms with E-state index in [-0.39, 0.29) is 12.2 Å². The van der Waals surface area contributed by atoms with Crippen molar-refractivity contribution in [1.29, 1.82) is 0 Å². The molecule has 0 aromatic carbocycles. The molecule has 1 heterocycles. The summed E-state index contributed by atoms with van der Waals surface area (Å²) in [7, 11) is 0. The second kappa shape index (κ2) is 5.20. The number of hydrogen-bond acceptors (Lipinski definition) is 2. The Morgan fingerprint density at radius 1 is 1.39 bits per heavy atom. The number of carbonyl (C=O) groups is 1. The molecule has 2 unspecified atom stereocenters. The second-order valence-corrected chi connectivity index (χ2v) is 6.80. The lowest BCUT2D eigenvalue weighted by Crippen LogP contribution is -2.42. The Labute approximate surface area is 111 Å². The van der Waals surface area contributed by atoms with E-state index in [1.165, 1.54) is 25.7 Å². The topological polar surface area (TPSA) is 32.3 Å². The molecule has 0 spiro atoms. The van der Waals surface area contributed by atoms with Crippen molar-refractivity contribution in [1.82, 2.24) is 10.2 Å². The van der Waals surface area contributed by atoms with Gasteiger partial charge in [0.15, 0.2) is 0 Å². The molecule has 1 saturated heterocycles. The van der Waals surface area contributed by atoms with E-state index in [0.717, 1.165) is 13.0 Å². The monoisotopic (exact) mass is 252 g/mol. The van der Waals surface area contributed by atoms with Crippen molar-refractivity contribution in [3.63, 3.8) is 0 Å². The van der Waals surface area contributed by atoms with Crippen LogP contribution < -0.4 is 5.32 Å². The van der Waals surface area contributed by atoms with Gasteiger partial charge in [-0.15, -0.1) is 0 Å². The van der Waals surface area contributed by atoms with Gasteiger partial charge in [-0.2, -0.15) is 0 Å². The molecule has 3 nitrogen and oxygen atoms in total. The molecule has 1 aliphatic carbocycles. The van der Waals surface area contributed by atoms with Crippen LogP contribution in [-0.2, 0) is 4.79 Å². The maximum atomic E-state index is 12.5. The molecule has 2 aliphatic rings. The molecule has 0 bridgehead atoms. The highest BCUT2D eigenvalue weighted by Gasteiger charge is 2.42. The molecule has 1 amide bonds. The normalized spacial score (nSPS) is 31.6. The summed E-state index contributed by atoms with van der Waals surface area (Å²) in [5.41, 5.74) is 0.358. The minimum absolute atomic E-state index is 0.0277.